The Labute approximate surface area is 124 Å². The van der Waals surface area contributed by atoms with Gasteiger partial charge in [0, 0.05) is 13.0 Å². The lowest BCUT2D eigenvalue weighted by Gasteiger charge is -2.43. The Kier molecular flexibility index (Phi) is 4.89. The minimum absolute atomic E-state index is 0.0921. The van der Waals surface area contributed by atoms with Crippen molar-refractivity contribution in [3.8, 4) is 0 Å². The van der Waals surface area contributed by atoms with Crippen LogP contribution >= 0.6 is 0 Å². The van der Waals surface area contributed by atoms with Crippen molar-refractivity contribution in [2.75, 3.05) is 19.7 Å². The summed E-state index contributed by atoms with van der Waals surface area (Å²) in [5.74, 6) is -1.41. The fourth-order valence-corrected chi connectivity index (χ4v) is 3.13. The summed E-state index contributed by atoms with van der Waals surface area (Å²) in [4.78, 5) is 13.5. The van der Waals surface area contributed by atoms with Crippen molar-refractivity contribution >= 4 is 5.91 Å². The van der Waals surface area contributed by atoms with Gasteiger partial charge >= 0.3 is 0 Å². The monoisotopic (exact) mass is 303 g/mol. The molecule has 1 amide bonds. The topological polar surface area (TPSA) is 110 Å². The summed E-state index contributed by atoms with van der Waals surface area (Å²) >= 11 is 0. The number of nitrogens with zero attached hydrogens (tertiary/aromatic N) is 1. The summed E-state index contributed by atoms with van der Waals surface area (Å²) in [5, 5.41) is 39.3. The first-order valence-corrected chi connectivity index (χ1v) is 7.41. The van der Waals surface area contributed by atoms with Crippen molar-refractivity contribution in [1.29, 1.82) is 0 Å². The van der Waals surface area contributed by atoms with E-state index in [1.54, 1.807) is 0 Å². The first-order chi connectivity index (χ1) is 9.73. The predicted molar refractivity (Wildman–Crippen MR) is 73.1 cm³/mol. The first kappa shape index (κ1) is 16.6. The van der Waals surface area contributed by atoms with Crippen LogP contribution in [0.1, 0.15) is 26.7 Å². The van der Waals surface area contributed by atoms with Crippen LogP contribution in [-0.4, -0.2) is 75.0 Å². The van der Waals surface area contributed by atoms with E-state index in [4.69, 9.17) is 4.74 Å². The lowest BCUT2D eigenvalue weighted by Crippen LogP contribution is -2.64. The van der Waals surface area contributed by atoms with E-state index in [1.165, 1.54) is 4.90 Å². The predicted octanol–water partition coefficient (Wildman–Crippen LogP) is -1.32. The number of ether oxygens (including phenoxy) is 1. The average Bonchev–Trinajstić information content (AvgIpc) is 2.71. The largest absolute Gasteiger partial charge is 0.388 e. The molecule has 1 unspecified atom stereocenters. The third kappa shape index (κ3) is 3.54. The van der Waals surface area contributed by atoms with E-state index in [2.05, 4.69) is 13.8 Å². The molecule has 0 saturated carbocycles. The van der Waals surface area contributed by atoms with Crippen molar-refractivity contribution in [3.05, 3.63) is 0 Å². The van der Waals surface area contributed by atoms with E-state index in [1.807, 2.05) is 0 Å². The number of amides is 1. The SMILES string of the molecule is CC(C)C[C@H]1CC(=O)N(CC2(O)OC[C@@H](O)[C@H](O)[C@@H]2O)C1. The zero-order chi connectivity index (χ0) is 15.8. The Morgan fingerprint density at radius 1 is 1.38 bits per heavy atom. The quantitative estimate of drug-likeness (QED) is 0.513. The van der Waals surface area contributed by atoms with E-state index < -0.39 is 24.1 Å². The normalized spacial score (nSPS) is 41.1. The van der Waals surface area contributed by atoms with Crippen molar-refractivity contribution in [2.24, 2.45) is 11.8 Å². The number of rotatable bonds is 4. The van der Waals surface area contributed by atoms with Gasteiger partial charge in [0.15, 0.2) is 0 Å². The number of aliphatic hydroxyl groups is 4. The minimum atomic E-state index is -2.04. The number of carbonyl (C=O) groups is 1. The van der Waals surface area contributed by atoms with Gasteiger partial charge in [-0.2, -0.15) is 0 Å². The Morgan fingerprint density at radius 2 is 2.05 bits per heavy atom. The standard InChI is InChI=1S/C14H25NO6/c1-8(2)3-9-4-11(17)15(5-9)7-14(20)13(19)12(18)10(16)6-21-14/h8-10,12-13,16,18-20H,3-7H2,1-2H3/t9-,10+,12-,13-,14?/m0/s1. The van der Waals surface area contributed by atoms with Gasteiger partial charge in [0.2, 0.25) is 11.7 Å². The van der Waals surface area contributed by atoms with Gasteiger partial charge in [0.1, 0.15) is 18.3 Å². The maximum Gasteiger partial charge on any atom is 0.223 e. The summed E-state index contributed by atoms with van der Waals surface area (Å²) in [6.45, 7) is 4.20. The van der Waals surface area contributed by atoms with Gasteiger partial charge in [-0.05, 0) is 18.3 Å². The number of likely N-dealkylation sites (tertiary alicyclic amines) is 1. The Balaban J connectivity index is 1.99. The van der Waals surface area contributed by atoms with Crippen LogP contribution in [0.15, 0.2) is 0 Å². The molecule has 0 aliphatic carbocycles. The van der Waals surface area contributed by atoms with Crippen LogP contribution in [-0.2, 0) is 9.53 Å². The van der Waals surface area contributed by atoms with Crippen LogP contribution in [0.3, 0.4) is 0 Å². The Hall–Kier alpha value is -0.730. The summed E-state index contributed by atoms with van der Waals surface area (Å²) in [5.41, 5.74) is 0. The summed E-state index contributed by atoms with van der Waals surface area (Å²) < 4.78 is 5.09. The molecule has 4 N–H and O–H groups in total. The van der Waals surface area contributed by atoms with E-state index in [-0.39, 0.29) is 25.0 Å². The van der Waals surface area contributed by atoms with Gasteiger partial charge in [0.25, 0.3) is 0 Å². The van der Waals surface area contributed by atoms with E-state index in [0.29, 0.717) is 18.9 Å². The summed E-state index contributed by atoms with van der Waals surface area (Å²) in [7, 11) is 0. The third-order valence-electron chi connectivity index (χ3n) is 4.20. The molecule has 0 aromatic rings. The third-order valence-corrected chi connectivity index (χ3v) is 4.20. The van der Waals surface area contributed by atoms with Gasteiger partial charge in [-0.15, -0.1) is 0 Å². The molecule has 2 aliphatic heterocycles. The molecule has 2 aliphatic rings. The Bertz CT molecular complexity index is 390. The molecule has 0 aromatic heterocycles. The molecular weight excluding hydrogens is 278 g/mol. The number of hydrogen-bond acceptors (Lipinski definition) is 6. The van der Waals surface area contributed by atoms with Gasteiger partial charge < -0.3 is 30.1 Å². The second kappa shape index (κ2) is 6.18. The van der Waals surface area contributed by atoms with Gasteiger partial charge in [0.05, 0.1) is 13.2 Å². The van der Waals surface area contributed by atoms with Crippen molar-refractivity contribution in [3.63, 3.8) is 0 Å². The number of hydrogen-bond donors (Lipinski definition) is 4. The van der Waals surface area contributed by atoms with Gasteiger partial charge in [-0.1, -0.05) is 13.8 Å². The highest BCUT2D eigenvalue weighted by Gasteiger charge is 2.50. The Morgan fingerprint density at radius 3 is 2.67 bits per heavy atom. The van der Waals surface area contributed by atoms with Crippen LogP contribution in [0, 0.1) is 11.8 Å². The second-order valence-corrected chi connectivity index (χ2v) is 6.63. The lowest BCUT2D eigenvalue weighted by atomic mass is 9.96. The molecule has 7 heteroatoms. The van der Waals surface area contributed by atoms with E-state index in [9.17, 15) is 25.2 Å². The fourth-order valence-electron chi connectivity index (χ4n) is 3.13. The molecule has 2 fully saturated rings. The molecule has 0 radical (unpaired) electrons. The fraction of sp³-hybridized carbons (Fsp3) is 0.929. The molecule has 0 bridgehead atoms. The van der Waals surface area contributed by atoms with Crippen LogP contribution < -0.4 is 0 Å². The number of β-amino-alcohol motifs (C(OH)–C–C–N with tert-alkyl or cyclic N) is 1. The van der Waals surface area contributed by atoms with Crippen molar-refractivity contribution in [2.45, 2.75) is 50.8 Å². The molecule has 0 spiro atoms. The highest BCUT2D eigenvalue weighted by molar-refractivity contribution is 5.78. The average molecular weight is 303 g/mol. The van der Waals surface area contributed by atoms with E-state index in [0.717, 1.165) is 6.42 Å². The highest BCUT2D eigenvalue weighted by Crippen LogP contribution is 2.29. The molecular formula is C14H25NO6. The maximum absolute atomic E-state index is 12.0. The van der Waals surface area contributed by atoms with Crippen molar-refractivity contribution in [1.82, 2.24) is 4.90 Å². The maximum atomic E-state index is 12.0. The molecule has 7 nitrogen and oxygen atoms in total. The zero-order valence-corrected chi connectivity index (χ0v) is 12.5. The van der Waals surface area contributed by atoms with Crippen molar-refractivity contribution < 1.29 is 30.0 Å². The lowest BCUT2D eigenvalue weighted by molar-refractivity contribution is -0.323. The van der Waals surface area contributed by atoms with Gasteiger partial charge in [-0.25, -0.2) is 0 Å². The van der Waals surface area contributed by atoms with Crippen LogP contribution in [0.2, 0.25) is 0 Å². The first-order valence-electron chi connectivity index (χ1n) is 7.41. The molecule has 5 atom stereocenters. The smallest absolute Gasteiger partial charge is 0.223 e. The molecule has 21 heavy (non-hydrogen) atoms. The number of carbonyl (C=O) groups excluding carboxylic acids is 1. The van der Waals surface area contributed by atoms with Crippen LogP contribution in [0.4, 0.5) is 0 Å². The van der Waals surface area contributed by atoms with Crippen LogP contribution in [0.5, 0.6) is 0 Å². The summed E-state index contributed by atoms with van der Waals surface area (Å²) in [6.07, 6.45) is -3.05. The second-order valence-electron chi connectivity index (χ2n) is 6.63. The zero-order valence-electron chi connectivity index (χ0n) is 12.5. The minimum Gasteiger partial charge on any atom is -0.388 e. The van der Waals surface area contributed by atoms with Gasteiger partial charge in [-0.3, -0.25) is 4.79 Å². The molecule has 2 heterocycles. The molecule has 2 rings (SSSR count). The highest BCUT2D eigenvalue weighted by atomic mass is 16.6. The molecule has 0 aromatic carbocycles. The van der Waals surface area contributed by atoms with Crippen LogP contribution in [0.25, 0.3) is 0 Å². The molecule has 2 saturated heterocycles. The summed E-state index contributed by atoms with van der Waals surface area (Å²) in [6, 6.07) is 0. The molecule has 122 valence electrons. The number of aliphatic hydroxyl groups excluding tert-OH is 3. The van der Waals surface area contributed by atoms with E-state index >= 15 is 0 Å².